The van der Waals surface area contributed by atoms with E-state index in [4.69, 9.17) is 4.52 Å². The minimum atomic E-state index is -0.442. The molecule has 0 saturated heterocycles. The zero-order valence-electron chi connectivity index (χ0n) is 18.0. The molecule has 0 aliphatic rings. The molecule has 1 aromatic heterocycles. The number of carbonyl (C=O) groups excluding carboxylic acids is 1. The number of hydrogen-bond acceptors (Lipinski definition) is 4. The second-order valence-corrected chi connectivity index (χ2v) is 7.72. The molecule has 0 bridgehead atoms. The van der Waals surface area contributed by atoms with Crippen LogP contribution in [-0.4, -0.2) is 27.5 Å². The van der Waals surface area contributed by atoms with Crippen LogP contribution >= 0.6 is 0 Å². The topological polar surface area (TPSA) is 59.2 Å². The molecule has 32 heavy (non-hydrogen) atoms. The monoisotopic (exact) mass is 429 g/mol. The number of benzene rings is 3. The number of carbonyl (C=O) groups is 1. The standard InChI is InChI=1S/C26H24FN3O2/c1-18-11-13-21(14-12-18)25-28-24(32-29-25)15-16-30(19(2)20-7-4-3-5-8-20)26(31)22-9-6-10-23(27)17-22/h3-14,17,19H,15-16H2,1-2H3. The van der Waals surface area contributed by atoms with Crippen molar-refractivity contribution in [2.45, 2.75) is 26.3 Å². The van der Waals surface area contributed by atoms with Crippen molar-refractivity contribution >= 4 is 5.91 Å². The fourth-order valence-electron chi connectivity index (χ4n) is 3.56. The van der Waals surface area contributed by atoms with Gasteiger partial charge in [-0.15, -0.1) is 0 Å². The lowest BCUT2D eigenvalue weighted by Crippen LogP contribution is -2.35. The summed E-state index contributed by atoms with van der Waals surface area (Å²) < 4.78 is 19.2. The summed E-state index contributed by atoms with van der Waals surface area (Å²) in [6.07, 6.45) is 0.386. The van der Waals surface area contributed by atoms with Crippen LogP contribution in [0.2, 0.25) is 0 Å². The van der Waals surface area contributed by atoms with E-state index < -0.39 is 5.82 Å². The number of nitrogens with zero attached hydrogens (tertiary/aromatic N) is 3. The van der Waals surface area contributed by atoms with Crippen molar-refractivity contribution < 1.29 is 13.7 Å². The van der Waals surface area contributed by atoms with Crippen LogP contribution in [0.5, 0.6) is 0 Å². The summed E-state index contributed by atoms with van der Waals surface area (Å²) in [6, 6.07) is 23.1. The van der Waals surface area contributed by atoms with Crippen LogP contribution in [0, 0.1) is 12.7 Å². The Kier molecular flexibility index (Phi) is 6.40. The van der Waals surface area contributed by atoms with Crippen molar-refractivity contribution in [1.29, 1.82) is 0 Å². The molecular formula is C26H24FN3O2. The Balaban J connectivity index is 1.55. The highest BCUT2D eigenvalue weighted by atomic mass is 19.1. The van der Waals surface area contributed by atoms with Crippen molar-refractivity contribution in [3.05, 3.63) is 107 Å². The third-order valence-electron chi connectivity index (χ3n) is 5.43. The van der Waals surface area contributed by atoms with E-state index in [2.05, 4.69) is 10.1 Å². The van der Waals surface area contributed by atoms with Gasteiger partial charge in [-0.25, -0.2) is 4.39 Å². The van der Waals surface area contributed by atoms with E-state index in [1.165, 1.54) is 12.1 Å². The molecule has 4 aromatic rings. The summed E-state index contributed by atoms with van der Waals surface area (Å²) in [6.45, 7) is 4.32. The molecule has 1 heterocycles. The average molecular weight is 429 g/mol. The molecule has 0 saturated carbocycles. The van der Waals surface area contributed by atoms with Gasteiger partial charge in [-0.05, 0) is 37.6 Å². The van der Waals surface area contributed by atoms with Crippen LogP contribution in [0.4, 0.5) is 4.39 Å². The first kappa shape index (κ1) is 21.4. The Morgan fingerprint density at radius 3 is 2.50 bits per heavy atom. The van der Waals surface area contributed by atoms with Crippen LogP contribution in [0.15, 0.2) is 83.4 Å². The Hall–Kier alpha value is -3.80. The molecule has 0 N–H and O–H groups in total. The van der Waals surface area contributed by atoms with Crippen molar-refractivity contribution in [3.8, 4) is 11.4 Å². The lowest BCUT2D eigenvalue weighted by atomic mass is 10.0. The van der Waals surface area contributed by atoms with Crippen LogP contribution in [-0.2, 0) is 6.42 Å². The van der Waals surface area contributed by atoms with Crippen LogP contribution in [0.1, 0.15) is 40.3 Å². The largest absolute Gasteiger partial charge is 0.339 e. The second kappa shape index (κ2) is 9.56. The lowest BCUT2D eigenvalue weighted by Gasteiger charge is -2.29. The minimum Gasteiger partial charge on any atom is -0.339 e. The predicted octanol–water partition coefficient (Wildman–Crippen LogP) is 5.63. The summed E-state index contributed by atoms with van der Waals surface area (Å²) in [5.74, 6) is 0.263. The maximum absolute atomic E-state index is 13.8. The zero-order valence-corrected chi connectivity index (χ0v) is 18.0. The van der Waals surface area contributed by atoms with E-state index in [0.29, 0.717) is 30.2 Å². The van der Waals surface area contributed by atoms with E-state index in [-0.39, 0.29) is 11.9 Å². The normalized spacial score (nSPS) is 11.8. The lowest BCUT2D eigenvalue weighted by molar-refractivity contribution is 0.0688. The second-order valence-electron chi connectivity index (χ2n) is 7.72. The first-order chi connectivity index (χ1) is 15.5. The Bertz CT molecular complexity index is 1190. The van der Waals surface area contributed by atoms with Gasteiger partial charge >= 0.3 is 0 Å². The fourth-order valence-corrected chi connectivity index (χ4v) is 3.56. The van der Waals surface area contributed by atoms with Crippen molar-refractivity contribution in [1.82, 2.24) is 15.0 Å². The molecule has 1 amide bonds. The third kappa shape index (κ3) is 4.91. The number of halogens is 1. The summed E-state index contributed by atoms with van der Waals surface area (Å²) >= 11 is 0. The van der Waals surface area contributed by atoms with Crippen LogP contribution < -0.4 is 0 Å². The number of aromatic nitrogens is 2. The van der Waals surface area contributed by atoms with Gasteiger partial charge in [0.05, 0.1) is 6.04 Å². The minimum absolute atomic E-state index is 0.216. The highest BCUT2D eigenvalue weighted by Gasteiger charge is 2.24. The van der Waals surface area contributed by atoms with Gasteiger partial charge in [0.2, 0.25) is 11.7 Å². The van der Waals surface area contributed by atoms with E-state index in [1.54, 1.807) is 17.0 Å². The smallest absolute Gasteiger partial charge is 0.254 e. The molecule has 0 aliphatic heterocycles. The highest BCUT2D eigenvalue weighted by molar-refractivity contribution is 5.94. The van der Waals surface area contributed by atoms with Crippen LogP contribution in [0.25, 0.3) is 11.4 Å². The maximum Gasteiger partial charge on any atom is 0.254 e. The van der Waals surface area contributed by atoms with E-state index in [1.807, 2.05) is 68.4 Å². The van der Waals surface area contributed by atoms with Gasteiger partial charge in [-0.2, -0.15) is 4.98 Å². The third-order valence-corrected chi connectivity index (χ3v) is 5.43. The molecule has 0 fully saturated rings. The van der Waals surface area contributed by atoms with Gasteiger partial charge in [-0.3, -0.25) is 4.79 Å². The van der Waals surface area contributed by atoms with Crippen molar-refractivity contribution in [2.75, 3.05) is 6.54 Å². The highest BCUT2D eigenvalue weighted by Crippen LogP contribution is 2.23. The Morgan fingerprint density at radius 1 is 1.03 bits per heavy atom. The molecule has 5 nitrogen and oxygen atoms in total. The predicted molar refractivity (Wildman–Crippen MR) is 120 cm³/mol. The van der Waals surface area contributed by atoms with Gasteiger partial charge < -0.3 is 9.42 Å². The van der Waals surface area contributed by atoms with E-state index in [0.717, 1.165) is 16.7 Å². The first-order valence-electron chi connectivity index (χ1n) is 10.5. The number of hydrogen-bond donors (Lipinski definition) is 0. The summed E-state index contributed by atoms with van der Waals surface area (Å²) in [4.78, 5) is 19.5. The number of amides is 1. The van der Waals surface area contributed by atoms with Gasteiger partial charge in [-0.1, -0.05) is 71.4 Å². The van der Waals surface area contributed by atoms with E-state index >= 15 is 0 Å². The van der Waals surface area contributed by atoms with Crippen LogP contribution in [0.3, 0.4) is 0 Å². The molecule has 6 heteroatoms. The molecule has 1 unspecified atom stereocenters. The molecule has 162 valence electrons. The quantitative estimate of drug-likeness (QED) is 0.382. The summed E-state index contributed by atoms with van der Waals surface area (Å²) in [7, 11) is 0. The SMILES string of the molecule is Cc1ccc(-c2noc(CCN(C(=O)c3cccc(F)c3)C(C)c3ccccc3)n2)cc1. The van der Waals surface area contributed by atoms with E-state index in [9.17, 15) is 9.18 Å². The van der Waals surface area contributed by atoms with Crippen molar-refractivity contribution in [2.24, 2.45) is 0 Å². The van der Waals surface area contributed by atoms with Gasteiger partial charge in [0.15, 0.2) is 0 Å². The molecule has 0 spiro atoms. The average Bonchev–Trinajstić information content (AvgIpc) is 3.29. The first-order valence-corrected chi connectivity index (χ1v) is 10.5. The molecule has 1 atom stereocenters. The summed E-state index contributed by atoms with van der Waals surface area (Å²) in [5, 5.41) is 4.07. The molecule has 4 rings (SSSR count). The molecule has 0 radical (unpaired) electrons. The maximum atomic E-state index is 13.8. The fraction of sp³-hybridized carbons (Fsp3) is 0.192. The van der Waals surface area contributed by atoms with Gasteiger partial charge in [0, 0.05) is 24.1 Å². The summed E-state index contributed by atoms with van der Waals surface area (Å²) in [5.41, 5.74) is 3.32. The zero-order chi connectivity index (χ0) is 22.5. The molecule has 0 aliphatic carbocycles. The van der Waals surface area contributed by atoms with Crippen molar-refractivity contribution in [3.63, 3.8) is 0 Å². The van der Waals surface area contributed by atoms with Gasteiger partial charge in [0.1, 0.15) is 5.82 Å². The Labute approximate surface area is 186 Å². The van der Waals surface area contributed by atoms with Gasteiger partial charge in [0.25, 0.3) is 5.91 Å². The number of rotatable bonds is 7. The number of aryl methyl sites for hydroxylation is 1. The molecule has 3 aromatic carbocycles. The Morgan fingerprint density at radius 2 is 1.78 bits per heavy atom. The molecular weight excluding hydrogens is 405 g/mol.